The lowest BCUT2D eigenvalue weighted by molar-refractivity contribution is -0.137. The molecule has 0 aromatic rings. The number of hydrogen-bond acceptors (Lipinski definition) is 3. The smallest absolute Gasteiger partial charge is 0.253 e. The van der Waals surface area contributed by atoms with E-state index in [1.54, 1.807) is 11.8 Å². The van der Waals surface area contributed by atoms with Crippen molar-refractivity contribution in [1.29, 1.82) is 0 Å². The van der Waals surface area contributed by atoms with E-state index in [0.717, 1.165) is 5.75 Å². The van der Waals surface area contributed by atoms with Crippen LogP contribution in [0.25, 0.3) is 0 Å². The Kier molecular flexibility index (Phi) is 3.54. The third-order valence-corrected chi connectivity index (χ3v) is 2.75. The number of hydrogen-bond donors (Lipinski definition) is 0. The molecule has 1 rings (SSSR count). The molecule has 0 radical (unpaired) electrons. The van der Waals surface area contributed by atoms with Gasteiger partial charge in [0, 0.05) is 18.7 Å². The van der Waals surface area contributed by atoms with Crippen molar-refractivity contribution in [3.05, 3.63) is 12.2 Å². The summed E-state index contributed by atoms with van der Waals surface area (Å²) in [5, 5.41) is 0. The summed E-state index contributed by atoms with van der Waals surface area (Å²) in [7, 11) is 0. The van der Waals surface area contributed by atoms with E-state index in [-0.39, 0.29) is 11.8 Å². The molecule has 0 bridgehead atoms. The molecule has 0 aromatic heterocycles. The highest BCUT2D eigenvalue weighted by molar-refractivity contribution is 7.98. The first kappa shape index (κ1) is 10.3. The van der Waals surface area contributed by atoms with Gasteiger partial charge in [-0.2, -0.15) is 11.8 Å². The first-order valence-corrected chi connectivity index (χ1v) is 5.57. The van der Waals surface area contributed by atoms with Gasteiger partial charge in [0.25, 0.3) is 11.8 Å². The normalized spacial score (nSPS) is 18.5. The highest BCUT2D eigenvalue weighted by atomic mass is 32.2. The number of amides is 2. The van der Waals surface area contributed by atoms with Crippen LogP contribution in [0.2, 0.25) is 0 Å². The number of nitrogens with zero attached hydrogens (tertiary/aromatic N) is 1. The Labute approximate surface area is 82.2 Å². The van der Waals surface area contributed by atoms with E-state index in [2.05, 4.69) is 0 Å². The van der Waals surface area contributed by atoms with Crippen molar-refractivity contribution in [3.63, 3.8) is 0 Å². The Balaban J connectivity index is 2.45. The monoisotopic (exact) mass is 199 g/mol. The van der Waals surface area contributed by atoms with Crippen LogP contribution in [-0.2, 0) is 9.59 Å². The van der Waals surface area contributed by atoms with Gasteiger partial charge in [-0.1, -0.05) is 6.92 Å². The lowest BCUT2D eigenvalue weighted by Crippen LogP contribution is -2.34. The van der Waals surface area contributed by atoms with Crippen molar-refractivity contribution in [1.82, 2.24) is 4.90 Å². The molecule has 0 spiro atoms. The summed E-state index contributed by atoms with van der Waals surface area (Å²) < 4.78 is 0. The molecule has 0 aliphatic carbocycles. The fourth-order valence-electron chi connectivity index (χ4n) is 1.26. The van der Waals surface area contributed by atoms with Gasteiger partial charge >= 0.3 is 0 Å². The SMILES string of the molecule is CSCC(C)CN1C(=O)C=CC1=O. The van der Waals surface area contributed by atoms with E-state index >= 15 is 0 Å². The first-order valence-electron chi connectivity index (χ1n) is 4.17. The molecule has 4 heteroatoms. The second-order valence-corrected chi connectivity index (χ2v) is 4.09. The summed E-state index contributed by atoms with van der Waals surface area (Å²) in [5.41, 5.74) is 0. The minimum Gasteiger partial charge on any atom is -0.275 e. The van der Waals surface area contributed by atoms with E-state index in [9.17, 15) is 9.59 Å². The maximum atomic E-state index is 11.1. The number of carbonyl (C=O) groups is 2. The molecule has 1 heterocycles. The first-order chi connectivity index (χ1) is 6.15. The second kappa shape index (κ2) is 4.46. The van der Waals surface area contributed by atoms with E-state index in [4.69, 9.17) is 0 Å². The molecule has 1 atom stereocenters. The van der Waals surface area contributed by atoms with Gasteiger partial charge in [-0.15, -0.1) is 0 Å². The standard InChI is InChI=1S/C9H13NO2S/c1-7(6-13-2)5-10-8(11)3-4-9(10)12/h3-4,7H,5-6H2,1-2H3. The van der Waals surface area contributed by atoms with Crippen LogP contribution in [0.15, 0.2) is 12.2 Å². The van der Waals surface area contributed by atoms with Crippen LogP contribution in [0.1, 0.15) is 6.92 Å². The molecule has 0 saturated carbocycles. The zero-order valence-corrected chi connectivity index (χ0v) is 8.63. The van der Waals surface area contributed by atoms with Crippen molar-refractivity contribution >= 4 is 23.6 Å². The molecule has 2 amide bonds. The minimum absolute atomic E-state index is 0.182. The van der Waals surface area contributed by atoms with Crippen LogP contribution in [0.5, 0.6) is 0 Å². The number of carbonyl (C=O) groups excluding carboxylic acids is 2. The quantitative estimate of drug-likeness (QED) is 0.632. The third kappa shape index (κ3) is 2.59. The number of imide groups is 1. The zero-order chi connectivity index (χ0) is 9.84. The van der Waals surface area contributed by atoms with Gasteiger partial charge in [-0.3, -0.25) is 14.5 Å². The Bertz CT molecular complexity index is 232. The second-order valence-electron chi connectivity index (χ2n) is 3.18. The summed E-state index contributed by atoms with van der Waals surface area (Å²) in [6.07, 6.45) is 4.67. The molecule has 3 nitrogen and oxygen atoms in total. The van der Waals surface area contributed by atoms with Crippen LogP contribution in [0.3, 0.4) is 0 Å². The van der Waals surface area contributed by atoms with Crippen LogP contribution in [0, 0.1) is 5.92 Å². The molecular weight excluding hydrogens is 186 g/mol. The Morgan fingerprint density at radius 1 is 1.38 bits per heavy atom. The molecule has 13 heavy (non-hydrogen) atoms. The highest BCUT2D eigenvalue weighted by Gasteiger charge is 2.24. The maximum absolute atomic E-state index is 11.1. The van der Waals surface area contributed by atoms with Gasteiger partial charge in [-0.25, -0.2) is 0 Å². The summed E-state index contributed by atoms with van der Waals surface area (Å²) in [4.78, 5) is 23.6. The van der Waals surface area contributed by atoms with Crippen LogP contribution >= 0.6 is 11.8 Å². The molecule has 0 N–H and O–H groups in total. The van der Waals surface area contributed by atoms with E-state index in [0.29, 0.717) is 12.5 Å². The number of thioether (sulfide) groups is 1. The predicted molar refractivity (Wildman–Crippen MR) is 53.4 cm³/mol. The zero-order valence-electron chi connectivity index (χ0n) is 7.82. The summed E-state index contributed by atoms with van der Waals surface area (Å²) in [5.74, 6) is 0.968. The minimum atomic E-state index is -0.182. The fraction of sp³-hybridized carbons (Fsp3) is 0.556. The highest BCUT2D eigenvalue weighted by Crippen LogP contribution is 2.10. The van der Waals surface area contributed by atoms with Crippen LogP contribution in [0.4, 0.5) is 0 Å². The van der Waals surface area contributed by atoms with Gasteiger partial charge < -0.3 is 0 Å². The number of rotatable bonds is 4. The van der Waals surface area contributed by atoms with Gasteiger partial charge in [0.2, 0.25) is 0 Å². The Morgan fingerprint density at radius 3 is 2.38 bits per heavy atom. The molecule has 1 aliphatic heterocycles. The van der Waals surface area contributed by atoms with Crippen molar-refractivity contribution in [2.45, 2.75) is 6.92 Å². The molecule has 1 aliphatic rings. The molecule has 0 saturated heterocycles. The van der Waals surface area contributed by atoms with Crippen molar-refractivity contribution < 1.29 is 9.59 Å². The predicted octanol–water partition coefficient (Wildman–Crippen LogP) is 0.910. The fourth-order valence-corrected chi connectivity index (χ4v) is 1.93. The molecule has 72 valence electrons. The summed E-state index contributed by atoms with van der Waals surface area (Å²) >= 11 is 1.73. The average Bonchev–Trinajstić information content (AvgIpc) is 2.36. The lowest BCUT2D eigenvalue weighted by Gasteiger charge is -2.18. The van der Waals surface area contributed by atoms with Crippen LogP contribution in [-0.4, -0.2) is 35.3 Å². The summed E-state index contributed by atoms with van der Waals surface area (Å²) in [6, 6.07) is 0. The van der Waals surface area contributed by atoms with Gasteiger partial charge in [-0.05, 0) is 17.9 Å². The van der Waals surface area contributed by atoms with E-state index < -0.39 is 0 Å². The van der Waals surface area contributed by atoms with Gasteiger partial charge in [0.05, 0.1) is 0 Å². The molecule has 0 aromatic carbocycles. The average molecular weight is 199 g/mol. The molecular formula is C9H13NO2S. The van der Waals surface area contributed by atoms with Crippen molar-refractivity contribution in [2.75, 3.05) is 18.6 Å². The van der Waals surface area contributed by atoms with E-state index in [1.165, 1.54) is 17.1 Å². The van der Waals surface area contributed by atoms with Crippen LogP contribution < -0.4 is 0 Å². The third-order valence-electron chi connectivity index (χ3n) is 1.85. The lowest BCUT2D eigenvalue weighted by atomic mass is 10.2. The molecule has 1 unspecified atom stereocenters. The van der Waals surface area contributed by atoms with Crippen molar-refractivity contribution in [3.8, 4) is 0 Å². The van der Waals surface area contributed by atoms with Gasteiger partial charge in [0.1, 0.15) is 0 Å². The molecule has 0 fully saturated rings. The Hall–Kier alpha value is -0.770. The maximum Gasteiger partial charge on any atom is 0.253 e. The Morgan fingerprint density at radius 2 is 1.92 bits per heavy atom. The summed E-state index contributed by atoms with van der Waals surface area (Å²) in [6.45, 7) is 2.57. The largest absolute Gasteiger partial charge is 0.275 e. The van der Waals surface area contributed by atoms with Crippen molar-refractivity contribution in [2.24, 2.45) is 5.92 Å². The van der Waals surface area contributed by atoms with E-state index in [1.807, 2.05) is 13.2 Å². The van der Waals surface area contributed by atoms with Gasteiger partial charge in [0.15, 0.2) is 0 Å². The topological polar surface area (TPSA) is 37.4 Å².